The van der Waals surface area contributed by atoms with E-state index in [1.54, 1.807) is 6.08 Å². The van der Waals surface area contributed by atoms with E-state index in [1.807, 2.05) is 54.1 Å². The molecule has 1 aliphatic heterocycles. The standard InChI is InChI=1S/C16H15N3O2/c1-11-5-7-12(8-6-11)19-9-3-4-13(19)10-14-15(20)18(2)16(21)17-14/h3-10H,1-2H3,(H,17,21)/b14-10+. The van der Waals surface area contributed by atoms with Crippen LogP contribution in [0.2, 0.25) is 0 Å². The summed E-state index contributed by atoms with van der Waals surface area (Å²) in [4.78, 5) is 24.4. The molecule has 21 heavy (non-hydrogen) atoms. The Labute approximate surface area is 122 Å². The smallest absolute Gasteiger partial charge is 0.317 e. The average Bonchev–Trinajstić information content (AvgIpc) is 3.02. The summed E-state index contributed by atoms with van der Waals surface area (Å²) in [5, 5.41) is 2.56. The van der Waals surface area contributed by atoms with Gasteiger partial charge in [-0.15, -0.1) is 0 Å². The fourth-order valence-corrected chi connectivity index (χ4v) is 2.22. The maximum Gasteiger partial charge on any atom is 0.328 e. The third-order valence-electron chi connectivity index (χ3n) is 3.47. The highest BCUT2D eigenvalue weighted by Gasteiger charge is 2.30. The minimum absolute atomic E-state index is 0.287. The van der Waals surface area contributed by atoms with E-state index in [9.17, 15) is 9.59 Å². The molecule has 1 saturated heterocycles. The number of carbonyl (C=O) groups excluding carboxylic acids is 2. The molecule has 1 aromatic carbocycles. The van der Waals surface area contributed by atoms with Crippen molar-refractivity contribution >= 4 is 18.0 Å². The number of rotatable bonds is 2. The number of nitrogens with one attached hydrogen (secondary N) is 1. The van der Waals surface area contributed by atoms with E-state index in [2.05, 4.69) is 5.32 Å². The molecule has 106 valence electrons. The van der Waals surface area contributed by atoms with Gasteiger partial charge < -0.3 is 9.88 Å². The second-order valence-corrected chi connectivity index (χ2v) is 4.99. The van der Waals surface area contributed by atoms with E-state index >= 15 is 0 Å². The minimum Gasteiger partial charge on any atom is -0.317 e. The Morgan fingerprint density at radius 2 is 1.81 bits per heavy atom. The first-order valence-corrected chi connectivity index (χ1v) is 6.61. The summed E-state index contributed by atoms with van der Waals surface area (Å²) >= 11 is 0. The van der Waals surface area contributed by atoms with Gasteiger partial charge in [0.05, 0.1) is 0 Å². The maximum atomic E-state index is 11.9. The second kappa shape index (κ2) is 4.94. The van der Waals surface area contributed by atoms with E-state index in [0.717, 1.165) is 16.3 Å². The van der Waals surface area contributed by atoms with Crippen LogP contribution in [0.5, 0.6) is 0 Å². The van der Waals surface area contributed by atoms with E-state index < -0.39 is 6.03 Å². The molecule has 2 heterocycles. The number of hydrogen-bond acceptors (Lipinski definition) is 2. The number of aromatic nitrogens is 1. The van der Waals surface area contributed by atoms with E-state index in [0.29, 0.717) is 0 Å². The third-order valence-corrected chi connectivity index (χ3v) is 3.47. The Bertz CT molecular complexity index is 741. The highest BCUT2D eigenvalue weighted by Crippen LogP contribution is 2.18. The van der Waals surface area contributed by atoms with Crippen molar-refractivity contribution < 1.29 is 9.59 Å². The van der Waals surface area contributed by atoms with Crippen LogP contribution in [0.3, 0.4) is 0 Å². The molecule has 1 fully saturated rings. The van der Waals surface area contributed by atoms with Gasteiger partial charge in [-0.1, -0.05) is 17.7 Å². The Kier molecular flexibility index (Phi) is 3.10. The first kappa shape index (κ1) is 13.2. The first-order valence-electron chi connectivity index (χ1n) is 6.61. The number of hydrogen-bond donors (Lipinski definition) is 1. The number of aryl methyl sites for hydroxylation is 1. The quantitative estimate of drug-likeness (QED) is 0.678. The summed E-state index contributed by atoms with van der Waals surface area (Å²) in [6.45, 7) is 2.03. The molecular formula is C16H15N3O2. The lowest BCUT2D eigenvalue weighted by atomic mass is 10.2. The molecule has 5 heteroatoms. The summed E-state index contributed by atoms with van der Waals surface area (Å²) in [6, 6.07) is 11.5. The molecule has 1 aliphatic rings. The Balaban J connectivity index is 1.99. The SMILES string of the molecule is Cc1ccc(-n2cccc2/C=C2/NC(=O)N(C)C2=O)cc1. The fraction of sp³-hybridized carbons (Fsp3) is 0.125. The van der Waals surface area contributed by atoms with Gasteiger partial charge in [0.1, 0.15) is 5.70 Å². The van der Waals surface area contributed by atoms with E-state index in [1.165, 1.54) is 12.6 Å². The van der Waals surface area contributed by atoms with Gasteiger partial charge in [0.15, 0.2) is 0 Å². The lowest BCUT2D eigenvalue weighted by Gasteiger charge is -2.07. The maximum absolute atomic E-state index is 11.9. The van der Waals surface area contributed by atoms with Crippen LogP contribution in [0.25, 0.3) is 11.8 Å². The minimum atomic E-state index is -0.403. The third kappa shape index (κ3) is 2.33. The molecule has 2 aromatic rings. The zero-order valence-corrected chi connectivity index (χ0v) is 11.8. The van der Waals surface area contributed by atoms with Crippen LogP contribution in [0.15, 0.2) is 48.3 Å². The number of imide groups is 1. The van der Waals surface area contributed by atoms with Crippen LogP contribution in [0.4, 0.5) is 4.79 Å². The number of urea groups is 1. The molecule has 0 unspecified atom stereocenters. The number of carbonyl (C=O) groups is 2. The molecule has 0 radical (unpaired) electrons. The molecule has 1 aromatic heterocycles. The van der Waals surface area contributed by atoms with Crippen molar-refractivity contribution in [1.82, 2.24) is 14.8 Å². The Morgan fingerprint density at radius 1 is 1.10 bits per heavy atom. The summed E-state index contributed by atoms with van der Waals surface area (Å²) < 4.78 is 1.96. The molecule has 0 atom stereocenters. The van der Waals surface area contributed by atoms with Crippen molar-refractivity contribution in [2.24, 2.45) is 0 Å². The molecule has 3 amide bonds. The van der Waals surface area contributed by atoms with E-state index in [-0.39, 0.29) is 11.6 Å². The zero-order chi connectivity index (χ0) is 15.0. The van der Waals surface area contributed by atoms with Gasteiger partial charge in [-0.05, 0) is 37.3 Å². The Morgan fingerprint density at radius 3 is 2.43 bits per heavy atom. The number of likely N-dealkylation sites (N-methyl/N-ethyl adjacent to an activating group) is 1. The van der Waals surface area contributed by atoms with Crippen LogP contribution in [0, 0.1) is 6.92 Å². The molecule has 1 N–H and O–H groups in total. The molecule has 3 rings (SSSR count). The molecular weight excluding hydrogens is 266 g/mol. The summed E-state index contributed by atoms with van der Waals surface area (Å²) in [6.07, 6.45) is 3.60. The van der Waals surface area contributed by atoms with Crippen LogP contribution >= 0.6 is 0 Å². The van der Waals surface area contributed by atoms with Crippen LogP contribution in [0.1, 0.15) is 11.3 Å². The predicted molar refractivity (Wildman–Crippen MR) is 79.8 cm³/mol. The van der Waals surface area contributed by atoms with Gasteiger partial charge in [-0.2, -0.15) is 0 Å². The Hall–Kier alpha value is -2.82. The van der Waals surface area contributed by atoms with Gasteiger partial charge in [0, 0.05) is 24.6 Å². The lowest BCUT2D eigenvalue weighted by molar-refractivity contribution is -0.121. The largest absolute Gasteiger partial charge is 0.328 e. The molecule has 5 nitrogen and oxygen atoms in total. The van der Waals surface area contributed by atoms with Gasteiger partial charge in [0.25, 0.3) is 5.91 Å². The summed E-state index contributed by atoms with van der Waals surface area (Å²) in [5.41, 5.74) is 3.31. The van der Waals surface area contributed by atoms with Crippen molar-refractivity contribution in [1.29, 1.82) is 0 Å². The van der Waals surface area contributed by atoms with Crippen molar-refractivity contribution in [2.45, 2.75) is 6.92 Å². The predicted octanol–water partition coefficient (Wildman–Crippen LogP) is 2.31. The van der Waals surface area contributed by atoms with Crippen molar-refractivity contribution in [3.8, 4) is 5.69 Å². The van der Waals surface area contributed by atoms with Crippen LogP contribution < -0.4 is 5.32 Å². The average molecular weight is 281 g/mol. The van der Waals surface area contributed by atoms with Gasteiger partial charge >= 0.3 is 6.03 Å². The molecule has 0 saturated carbocycles. The van der Waals surface area contributed by atoms with Crippen LogP contribution in [-0.2, 0) is 4.79 Å². The monoisotopic (exact) mass is 281 g/mol. The number of benzene rings is 1. The summed E-state index contributed by atoms with van der Waals surface area (Å²) in [7, 11) is 1.46. The highest BCUT2D eigenvalue weighted by atomic mass is 16.2. The second-order valence-electron chi connectivity index (χ2n) is 4.99. The first-order chi connectivity index (χ1) is 10.1. The summed E-state index contributed by atoms with van der Waals surface area (Å²) in [5.74, 6) is -0.323. The number of amides is 3. The molecule has 0 bridgehead atoms. The lowest BCUT2D eigenvalue weighted by Crippen LogP contribution is -2.25. The van der Waals surface area contributed by atoms with Gasteiger partial charge in [0.2, 0.25) is 0 Å². The van der Waals surface area contributed by atoms with Crippen molar-refractivity contribution in [2.75, 3.05) is 7.05 Å². The topological polar surface area (TPSA) is 54.3 Å². The van der Waals surface area contributed by atoms with Crippen LogP contribution in [-0.4, -0.2) is 28.5 Å². The van der Waals surface area contributed by atoms with Crippen molar-refractivity contribution in [3.63, 3.8) is 0 Å². The molecule has 0 aliphatic carbocycles. The van der Waals surface area contributed by atoms with E-state index in [4.69, 9.17) is 0 Å². The van der Waals surface area contributed by atoms with Gasteiger partial charge in [-0.25, -0.2) is 4.79 Å². The fourth-order valence-electron chi connectivity index (χ4n) is 2.22. The normalized spacial score (nSPS) is 16.7. The molecule has 0 spiro atoms. The van der Waals surface area contributed by atoms with Gasteiger partial charge in [-0.3, -0.25) is 9.69 Å². The zero-order valence-electron chi connectivity index (χ0n) is 11.8. The van der Waals surface area contributed by atoms with Crippen molar-refractivity contribution in [3.05, 3.63) is 59.5 Å². The highest BCUT2D eigenvalue weighted by molar-refractivity contribution is 6.13. The number of nitrogens with zero attached hydrogens (tertiary/aromatic N) is 2.